The maximum atomic E-state index is 12.0. The van der Waals surface area contributed by atoms with Crippen molar-refractivity contribution in [2.24, 2.45) is 0 Å². The van der Waals surface area contributed by atoms with Gasteiger partial charge in [-0.3, -0.25) is 4.79 Å². The SMILES string of the molecule is CCCNC(C)(CCCCOCCOC)C(=O)OCC. The second-order valence-electron chi connectivity index (χ2n) is 5.04. The van der Waals surface area contributed by atoms with Crippen LogP contribution in [0.5, 0.6) is 0 Å². The molecule has 0 rings (SSSR count). The van der Waals surface area contributed by atoms with Crippen LogP contribution in [0.25, 0.3) is 0 Å². The fourth-order valence-electron chi connectivity index (χ4n) is 1.88. The number of hydrogen-bond acceptors (Lipinski definition) is 5. The zero-order chi connectivity index (χ0) is 15.3. The Kier molecular flexibility index (Phi) is 11.7. The summed E-state index contributed by atoms with van der Waals surface area (Å²) in [4.78, 5) is 12.0. The van der Waals surface area contributed by atoms with Crippen molar-refractivity contribution in [2.75, 3.05) is 40.1 Å². The topological polar surface area (TPSA) is 56.8 Å². The number of nitrogens with one attached hydrogen (secondary N) is 1. The first-order valence-corrected chi connectivity index (χ1v) is 7.59. The molecule has 0 saturated heterocycles. The Labute approximate surface area is 123 Å². The highest BCUT2D eigenvalue weighted by atomic mass is 16.5. The minimum Gasteiger partial charge on any atom is -0.465 e. The molecule has 0 aliphatic rings. The van der Waals surface area contributed by atoms with Gasteiger partial charge in [-0.25, -0.2) is 0 Å². The third-order valence-corrected chi connectivity index (χ3v) is 3.14. The van der Waals surface area contributed by atoms with Crippen LogP contribution in [-0.2, 0) is 19.0 Å². The lowest BCUT2D eigenvalue weighted by Crippen LogP contribution is -2.50. The van der Waals surface area contributed by atoms with Gasteiger partial charge in [0.2, 0.25) is 0 Å². The lowest BCUT2D eigenvalue weighted by Gasteiger charge is -2.28. The zero-order valence-corrected chi connectivity index (χ0v) is 13.5. The molecule has 0 aliphatic carbocycles. The third-order valence-electron chi connectivity index (χ3n) is 3.14. The van der Waals surface area contributed by atoms with Gasteiger partial charge < -0.3 is 19.5 Å². The smallest absolute Gasteiger partial charge is 0.326 e. The van der Waals surface area contributed by atoms with Crippen LogP contribution in [-0.4, -0.2) is 51.6 Å². The zero-order valence-electron chi connectivity index (χ0n) is 13.5. The molecule has 1 unspecified atom stereocenters. The van der Waals surface area contributed by atoms with E-state index in [1.54, 1.807) is 7.11 Å². The van der Waals surface area contributed by atoms with Crippen molar-refractivity contribution in [1.29, 1.82) is 0 Å². The number of ether oxygens (including phenoxy) is 3. The van der Waals surface area contributed by atoms with E-state index in [9.17, 15) is 4.79 Å². The molecule has 0 heterocycles. The summed E-state index contributed by atoms with van der Waals surface area (Å²) >= 11 is 0. The van der Waals surface area contributed by atoms with Crippen molar-refractivity contribution in [3.05, 3.63) is 0 Å². The van der Waals surface area contributed by atoms with E-state index in [1.165, 1.54) is 0 Å². The Bertz CT molecular complexity index is 248. The Balaban J connectivity index is 4.00. The molecule has 20 heavy (non-hydrogen) atoms. The molecule has 0 aromatic heterocycles. The van der Waals surface area contributed by atoms with Crippen LogP contribution in [0.3, 0.4) is 0 Å². The first-order chi connectivity index (χ1) is 9.60. The maximum absolute atomic E-state index is 12.0. The van der Waals surface area contributed by atoms with Gasteiger partial charge in [-0.2, -0.15) is 0 Å². The fourth-order valence-corrected chi connectivity index (χ4v) is 1.88. The summed E-state index contributed by atoms with van der Waals surface area (Å²) in [5.74, 6) is -0.159. The Hall–Kier alpha value is -0.650. The van der Waals surface area contributed by atoms with Crippen molar-refractivity contribution in [3.63, 3.8) is 0 Å². The predicted molar refractivity (Wildman–Crippen MR) is 79.9 cm³/mol. The summed E-state index contributed by atoms with van der Waals surface area (Å²) in [6.45, 7) is 9.03. The Morgan fingerprint density at radius 3 is 2.50 bits per heavy atom. The molecule has 0 aromatic rings. The highest BCUT2D eigenvalue weighted by Crippen LogP contribution is 2.16. The normalized spacial score (nSPS) is 14.0. The van der Waals surface area contributed by atoms with E-state index in [2.05, 4.69) is 12.2 Å². The maximum Gasteiger partial charge on any atom is 0.326 e. The van der Waals surface area contributed by atoms with E-state index in [1.807, 2.05) is 13.8 Å². The standard InChI is InChI=1S/C15H31NO4/c1-5-10-16-15(3,14(17)20-6-2)9-7-8-11-19-13-12-18-4/h16H,5-13H2,1-4H3. The highest BCUT2D eigenvalue weighted by Gasteiger charge is 2.33. The van der Waals surface area contributed by atoms with Crippen molar-refractivity contribution >= 4 is 5.97 Å². The molecule has 0 amide bonds. The average molecular weight is 289 g/mol. The van der Waals surface area contributed by atoms with E-state index in [0.29, 0.717) is 26.4 Å². The van der Waals surface area contributed by atoms with Gasteiger partial charge in [-0.05, 0) is 46.1 Å². The molecule has 5 nitrogen and oxygen atoms in total. The summed E-state index contributed by atoms with van der Waals surface area (Å²) in [6.07, 6.45) is 3.63. The van der Waals surface area contributed by atoms with Crippen molar-refractivity contribution < 1.29 is 19.0 Å². The summed E-state index contributed by atoms with van der Waals surface area (Å²) in [6, 6.07) is 0. The molecule has 0 saturated carbocycles. The van der Waals surface area contributed by atoms with Gasteiger partial charge >= 0.3 is 5.97 Å². The number of unbranched alkanes of at least 4 members (excludes halogenated alkanes) is 1. The molecule has 1 atom stereocenters. The van der Waals surface area contributed by atoms with Gasteiger partial charge in [0, 0.05) is 13.7 Å². The lowest BCUT2D eigenvalue weighted by atomic mass is 9.94. The van der Waals surface area contributed by atoms with Gasteiger partial charge in [-0.15, -0.1) is 0 Å². The van der Waals surface area contributed by atoms with E-state index in [0.717, 1.165) is 32.2 Å². The van der Waals surface area contributed by atoms with Gasteiger partial charge in [0.1, 0.15) is 5.54 Å². The number of methoxy groups -OCH3 is 1. The number of carbonyl (C=O) groups excluding carboxylic acids is 1. The highest BCUT2D eigenvalue weighted by molar-refractivity contribution is 5.80. The average Bonchev–Trinajstić information content (AvgIpc) is 2.44. The van der Waals surface area contributed by atoms with E-state index < -0.39 is 5.54 Å². The molecule has 0 radical (unpaired) electrons. The Morgan fingerprint density at radius 1 is 1.15 bits per heavy atom. The number of hydrogen-bond donors (Lipinski definition) is 1. The minimum absolute atomic E-state index is 0.159. The van der Waals surface area contributed by atoms with Gasteiger partial charge in [0.05, 0.1) is 19.8 Å². The molecule has 0 aromatic carbocycles. The van der Waals surface area contributed by atoms with E-state index >= 15 is 0 Å². The summed E-state index contributed by atoms with van der Waals surface area (Å²) in [7, 11) is 1.66. The van der Waals surface area contributed by atoms with Gasteiger partial charge in [-0.1, -0.05) is 6.92 Å². The molecule has 0 fully saturated rings. The number of carbonyl (C=O) groups is 1. The van der Waals surface area contributed by atoms with Gasteiger partial charge in [0.25, 0.3) is 0 Å². The molecule has 1 N–H and O–H groups in total. The second-order valence-corrected chi connectivity index (χ2v) is 5.04. The molecule has 0 spiro atoms. The lowest BCUT2D eigenvalue weighted by molar-refractivity contribution is -0.150. The summed E-state index contributed by atoms with van der Waals surface area (Å²) in [5, 5.41) is 3.31. The first kappa shape index (κ1) is 19.4. The quantitative estimate of drug-likeness (QED) is 0.416. The van der Waals surface area contributed by atoms with Crippen LogP contribution in [0.2, 0.25) is 0 Å². The molecule has 0 bridgehead atoms. The second kappa shape index (κ2) is 12.1. The van der Waals surface area contributed by atoms with Crippen molar-refractivity contribution in [1.82, 2.24) is 5.32 Å². The predicted octanol–water partition coefficient (Wildman–Crippen LogP) is 2.14. The largest absolute Gasteiger partial charge is 0.465 e. The summed E-state index contributed by atoms with van der Waals surface area (Å²) < 4.78 is 15.5. The Morgan fingerprint density at radius 2 is 1.90 bits per heavy atom. The number of esters is 1. The molecule has 120 valence electrons. The minimum atomic E-state index is -0.585. The van der Waals surface area contributed by atoms with Gasteiger partial charge in [0.15, 0.2) is 0 Å². The molecular weight excluding hydrogens is 258 g/mol. The molecule has 5 heteroatoms. The van der Waals surface area contributed by atoms with Crippen LogP contribution in [0.15, 0.2) is 0 Å². The van der Waals surface area contributed by atoms with E-state index in [-0.39, 0.29) is 5.97 Å². The third kappa shape index (κ3) is 8.51. The van der Waals surface area contributed by atoms with E-state index in [4.69, 9.17) is 14.2 Å². The van der Waals surface area contributed by atoms with Crippen LogP contribution < -0.4 is 5.32 Å². The molecule has 0 aliphatic heterocycles. The number of rotatable bonds is 13. The van der Waals surface area contributed by atoms with Crippen molar-refractivity contribution in [2.45, 2.75) is 52.0 Å². The van der Waals surface area contributed by atoms with Crippen molar-refractivity contribution in [3.8, 4) is 0 Å². The molecular formula is C15H31NO4. The fraction of sp³-hybridized carbons (Fsp3) is 0.933. The first-order valence-electron chi connectivity index (χ1n) is 7.59. The van der Waals surface area contributed by atoms with Crippen LogP contribution in [0, 0.1) is 0 Å². The van der Waals surface area contributed by atoms with Crippen LogP contribution >= 0.6 is 0 Å². The van der Waals surface area contributed by atoms with Crippen LogP contribution in [0.1, 0.15) is 46.5 Å². The van der Waals surface area contributed by atoms with Crippen LogP contribution in [0.4, 0.5) is 0 Å². The summed E-state index contributed by atoms with van der Waals surface area (Å²) in [5.41, 5.74) is -0.585. The monoisotopic (exact) mass is 289 g/mol.